The first-order chi connectivity index (χ1) is 8.63. The molecule has 0 aromatic carbocycles. The van der Waals surface area contributed by atoms with Crippen molar-refractivity contribution in [1.82, 2.24) is 9.80 Å². The summed E-state index contributed by atoms with van der Waals surface area (Å²) in [5, 5.41) is 9.39. The SMILES string of the molecule is CCN1CCN(C(C(=O)O)c2ccco2)CC1C. The summed E-state index contributed by atoms with van der Waals surface area (Å²) >= 11 is 0. The summed E-state index contributed by atoms with van der Waals surface area (Å²) < 4.78 is 5.26. The van der Waals surface area contributed by atoms with Gasteiger partial charge in [-0.15, -0.1) is 0 Å². The molecule has 5 nitrogen and oxygen atoms in total. The van der Waals surface area contributed by atoms with Gasteiger partial charge in [-0.2, -0.15) is 0 Å². The molecular formula is C13H20N2O3. The van der Waals surface area contributed by atoms with E-state index in [1.54, 1.807) is 12.1 Å². The van der Waals surface area contributed by atoms with Crippen molar-refractivity contribution in [3.63, 3.8) is 0 Å². The van der Waals surface area contributed by atoms with E-state index in [1.165, 1.54) is 6.26 Å². The maximum atomic E-state index is 11.4. The van der Waals surface area contributed by atoms with E-state index < -0.39 is 12.0 Å². The Morgan fingerprint density at radius 2 is 2.39 bits per heavy atom. The number of aliphatic carboxylic acids is 1. The van der Waals surface area contributed by atoms with E-state index >= 15 is 0 Å². The third-order valence-corrected chi connectivity index (χ3v) is 3.61. The molecule has 1 fully saturated rings. The zero-order chi connectivity index (χ0) is 13.1. The van der Waals surface area contributed by atoms with Crippen LogP contribution in [0.5, 0.6) is 0 Å². The molecule has 0 amide bonds. The Bertz CT molecular complexity index is 391. The summed E-state index contributed by atoms with van der Waals surface area (Å²) in [5.41, 5.74) is 0. The van der Waals surface area contributed by atoms with Crippen LogP contribution in [0.2, 0.25) is 0 Å². The maximum Gasteiger partial charge on any atom is 0.328 e. The molecule has 1 aromatic rings. The molecule has 100 valence electrons. The molecule has 1 saturated heterocycles. The van der Waals surface area contributed by atoms with Crippen molar-refractivity contribution in [3.8, 4) is 0 Å². The van der Waals surface area contributed by atoms with Gasteiger partial charge in [0.15, 0.2) is 6.04 Å². The van der Waals surface area contributed by atoms with E-state index in [-0.39, 0.29) is 0 Å². The average molecular weight is 252 g/mol. The number of hydrogen-bond acceptors (Lipinski definition) is 4. The number of piperazine rings is 1. The fraction of sp³-hybridized carbons (Fsp3) is 0.615. The third-order valence-electron chi connectivity index (χ3n) is 3.61. The highest BCUT2D eigenvalue weighted by Gasteiger charge is 2.34. The minimum Gasteiger partial charge on any atom is -0.480 e. The van der Waals surface area contributed by atoms with Crippen LogP contribution in [0, 0.1) is 0 Å². The summed E-state index contributed by atoms with van der Waals surface area (Å²) in [6.45, 7) is 7.70. The Morgan fingerprint density at radius 3 is 2.89 bits per heavy atom. The molecule has 0 saturated carbocycles. The second-order valence-corrected chi connectivity index (χ2v) is 4.73. The minimum absolute atomic E-state index is 0.376. The predicted octanol–water partition coefficient (Wildman–Crippen LogP) is 1.43. The zero-order valence-corrected chi connectivity index (χ0v) is 10.9. The molecule has 0 spiro atoms. The smallest absolute Gasteiger partial charge is 0.328 e. The van der Waals surface area contributed by atoms with Crippen LogP contribution in [0.15, 0.2) is 22.8 Å². The normalized spacial score (nSPS) is 24.0. The van der Waals surface area contributed by atoms with Crippen molar-refractivity contribution in [3.05, 3.63) is 24.2 Å². The lowest BCUT2D eigenvalue weighted by atomic mass is 10.1. The number of carboxylic acid groups (broad SMARTS) is 1. The van der Waals surface area contributed by atoms with Crippen molar-refractivity contribution in [2.75, 3.05) is 26.2 Å². The highest BCUT2D eigenvalue weighted by atomic mass is 16.4. The molecule has 5 heteroatoms. The van der Waals surface area contributed by atoms with Gasteiger partial charge in [0, 0.05) is 25.7 Å². The van der Waals surface area contributed by atoms with Crippen LogP contribution in [-0.4, -0.2) is 53.1 Å². The molecule has 2 unspecified atom stereocenters. The molecule has 1 N–H and O–H groups in total. The lowest BCUT2D eigenvalue weighted by Crippen LogP contribution is -2.53. The van der Waals surface area contributed by atoms with Crippen LogP contribution < -0.4 is 0 Å². The highest BCUT2D eigenvalue weighted by Crippen LogP contribution is 2.24. The number of nitrogens with zero attached hydrogens (tertiary/aromatic N) is 2. The van der Waals surface area contributed by atoms with E-state index in [2.05, 4.69) is 18.7 Å². The van der Waals surface area contributed by atoms with Crippen LogP contribution >= 0.6 is 0 Å². The second kappa shape index (κ2) is 5.54. The van der Waals surface area contributed by atoms with Crippen LogP contribution in [0.4, 0.5) is 0 Å². The minimum atomic E-state index is -0.845. The summed E-state index contributed by atoms with van der Waals surface area (Å²) in [7, 11) is 0. The van der Waals surface area contributed by atoms with E-state index in [4.69, 9.17) is 4.42 Å². The van der Waals surface area contributed by atoms with Gasteiger partial charge in [-0.05, 0) is 25.6 Å². The lowest BCUT2D eigenvalue weighted by Gasteiger charge is -2.41. The summed E-state index contributed by atoms with van der Waals surface area (Å²) in [4.78, 5) is 15.8. The molecular weight excluding hydrogens is 232 g/mol. The first-order valence-electron chi connectivity index (χ1n) is 6.37. The summed E-state index contributed by atoms with van der Waals surface area (Å²) in [6, 6.07) is 3.18. The molecule has 2 atom stereocenters. The first kappa shape index (κ1) is 13.1. The standard InChI is InChI=1S/C13H20N2O3/c1-3-14-6-7-15(9-10(14)2)12(13(16)17)11-5-4-8-18-11/h4-5,8,10,12H,3,6-7,9H2,1-2H3,(H,16,17). The second-order valence-electron chi connectivity index (χ2n) is 4.73. The van der Waals surface area contributed by atoms with Crippen molar-refractivity contribution in [2.24, 2.45) is 0 Å². The first-order valence-corrected chi connectivity index (χ1v) is 6.37. The highest BCUT2D eigenvalue weighted by molar-refractivity contribution is 5.74. The number of hydrogen-bond donors (Lipinski definition) is 1. The van der Waals surface area contributed by atoms with Gasteiger partial charge in [0.25, 0.3) is 0 Å². The van der Waals surface area contributed by atoms with E-state index in [0.717, 1.165) is 26.2 Å². The van der Waals surface area contributed by atoms with Gasteiger partial charge in [-0.3, -0.25) is 14.6 Å². The molecule has 2 rings (SSSR count). The molecule has 1 aliphatic rings. The zero-order valence-electron chi connectivity index (χ0n) is 10.9. The Morgan fingerprint density at radius 1 is 1.61 bits per heavy atom. The molecule has 1 aliphatic heterocycles. The van der Waals surface area contributed by atoms with Crippen molar-refractivity contribution in [2.45, 2.75) is 25.9 Å². The monoisotopic (exact) mass is 252 g/mol. The van der Waals surface area contributed by atoms with Crippen molar-refractivity contribution < 1.29 is 14.3 Å². The topological polar surface area (TPSA) is 56.9 Å². The van der Waals surface area contributed by atoms with Crippen molar-refractivity contribution >= 4 is 5.97 Å². The number of rotatable bonds is 4. The third kappa shape index (κ3) is 2.57. The van der Waals surface area contributed by atoms with Gasteiger partial charge < -0.3 is 9.52 Å². The van der Waals surface area contributed by atoms with Gasteiger partial charge in [-0.1, -0.05) is 6.92 Å². The number of carboxylic acids is 1. The van der Waals surface area contributed by atoms with Crippen LogP contribution in [-0.2, 0) is 4.79 Å². The van der Waals surface area contributed by atoms with Gasteiger partial charge in [-0.25, -0.2) is 0 Å². The van der Waals surface area contributed by atoms with Gasteiger partial charge in [0.2, 0.25) is 0 Å². The van der Waals surface area contributed by atoms with Crippen LogP contribution in [0.25, 0.3) is 0 Å². The quantitative estimate of drug-likeness (QED) is 0.878. The molecule has 0 radical (unpaired) electrons. The summed E-state index contributed by atoms with van der Waals surface area (Å²) in [6.07, 6.45) is 1.52. The maximum absolute atomic E-state index is 11.4. The largest absolute Gasteiger partial charge is 0.480 e. The lowest BCUT2D eigenvalue weighted by molar-refractivity contribution is -0.145. The number of likely N-dealkylation sites (N-methyl/N-ethyl adjacent to an activating group) is 1. The van der Waals surface area contributed by atoms with Gasteiger partial charge in [0.1, 0.15) is 5.76 Å². The fourth-order valence-corrected chi connectivity index (χ4v) is 2.63. The number of carbonyl (C=O) groups is 1. The van der Waals surface area contributed by atoms with Crippen molar-refractivity contribution in [1.29, 1.82) is 0 Å². The van der Waals surface area contributed by atoms with E-state index in [0.29, 0.717) is 11.8 Å². The Kier molecular flexibility index (Phi) is 4.04. The van der Waals surface area contributed by atoms with E-state index in [9.17, 15) is 9.90 Å². The Balaban J connectivity index is 2.12. The molecule has 0 aliphatic carbocycles. The fourth-order valence-electron chi connectivity index (χ4n) is 2.63. The molecule has 18 heavy (non-hydrogen) atoms. The van der Waals surface area contributed by atoms with Gasteiger partial charge in [0.05, 0.1) is 6.26 Å². The molecule has 2 heterocycles. The Hall–Kier alpha value is -1.33. The van der Waals surface area contributed by atoms with Crippen LogP contribution in [0.3, 0.4) is 0 Å². The molecule has 0 bridgehead atoms. The summed E-state index contributed by atoms with van der Waals surface area (Å²) in [5.74, 6) is -0.332. The number of furan rings is 1. The average Bonchev–Trinajstić information content (AvgIpc) is 2.82. The van der Waals surface area contributed by atoms with E-state index in [1.807, 2.05) is 4.90 Å². The Labute approximate surface area is 107 Å². The van der Waals surface area contributed by atoms with Crippen LogP contribution in [0.1, 0.15) is 25.6 Å². The van der Waals surface area contributed by atoms with Gasteiger partial charge >= 0.3 is 5.97 Å². The predicted molar refractivity (Wildman–Crippen MR) is 67.4 cm³/mol. The molecule has 1 aromatic heterocycles.